The van der Waals surface area contributed by atoms with E-state index >= 15 is 0 Å². The van der Waals surface area contributed by atoms with Gasteiger partial charge in [0.2, 0.25) is 0 Å². The van der Waals surface area contributed by atoms with Crippen LogP contribution < -0.4 is 4.74 Å². The van der Waals surface area contributed by atoms with Crippen LogP contribution >= 0.6 is 0 Å². The van der Waals surface area contributed by atoms with E-state index in [0.717, 1.165) is 35.3 Å². The predicted molar refractivity (Wildman–Crippen MR) is 117 cm³/mol. The number of rotatable bonds is 11. The fraction of sp³-hybridized carbons (Fsp3) is 0.400. The fourth-order valence-corrected chi connectivity index (χ4v) is 3.92. The molecule has 2 aromatic carbocycles. The van der Waals surface area contributed by atoms with Crippen molar-refractivity contribution in [3.8, 4) is 16.9 Å². The molecule has 3 nitrogen and oxygen atoms in total. The van der Waals surface area contributed by atoms with Gasteiger partial charge in [0.1, 0.15) is 12.0 Å². The second-order valence-electron chi connectivity index (χ2n) is 7.42. The Labute approximate surface area is 168 Å². The Balaban J connectivity index is 1.86. The minimum Gasteiger partial charge on any atom is -0.496 e. The quantitative estimate of drug-likeness (QED) is 0.285. The Kier molecular flexibility index (Phi) is 7.30. The SMILES string of the molecule is CCCCCCCCn1cc(CC=O)c2cc(-c3ccccc3OC)ccc21. The van der Waals surface area contributed by atoms with Crippen molar-refractivity contribution >= 4 is 17.2 Å². The molecule has 3 rings (SSSR count). The minimum absolute atomic E-state index is 0.454. The second kappa shape index (κ2) is 10.1. The molecule has 0 spiro atoms. The third-order valence-corrected chi connectivity index (χ3v) is 5.44. The second-order valence-corrected chi connectivity index (χ2v) is 7.42. The van der Waals surface area contributed by atoms with Gasteiger partial charge < -0.3 is 14.1 Å². The molecule has 1 aromatic heterocycles. The number of hydrogen-bond donors (Lipinski definition) is 0. The van der Waals surface area contributed by atoms with E-state index < -0.39 is 0 Å². The lowest BCUT2D eigenvalue weighted by Gasteiger charge is -2.10. The Morgan fingerprint density at radius 2 is 1.79 bits per heavy atom. The Bertz CT molecular complexity index is 910. The smallest absolute Gasteiger partial charge is 0.126 e. The molecule has 0 radical (unpaired) electrons. The zero-order chi connectivity index (χ0) is 19.8. The van der Waals surface area contributed by atoms with Crippen LogP contribution in [0.1, 0.15) is 51.0 Å². The number of hydrogen-bond acceptors (Lipinski definition) is 2. The number of nitrogens with zero attached hydrogens (tertiary/aromatic N) is 1. The molecule has 0 aliphatic heterocycles. The van der Waals surface area contributed by atoms with Crippen molar-refractivity contribution in [2.75, 3.05) is 7.11 Å². The zero-order valence-electron chi connectivity index (χ0n) is 17.1. The maximum absolute atomic E-state index is 11.2. The molecule has 0 atom stereocenters. The van der Waals surface area contributed by atoms with Crippen molar-refractivity contribution in [1.29, 1.82) is 0 Å². The van der Waals surface area contributed by atoms with Crippen LogP contribution in [0.15, 0.2) is 48.7 Å². The molecule has 1 heterocycles. The highest BCUT2D eigenvalue weighted by Gasteiger charge is 2.12. The van der Waals surface area contributed by atoms with Crippen LogP contribution in [0.25, 0.3) is 22.0 Å². The van der Waals surface area contributed by atoms with Gasteiger partial charge in [-0.3, -0.25) is 0 Å². The van der Waals surface area contributed by atoms with Gasteiger partial charge in [-0.2, -0.15) is 0 Å². The molecular formula is C25H31NO2. The largest absolute Gasteiger partial charge is 0.496 e. The number of benzene rings is 2. The topological polar surface area (TPSA) is 31.2 Å². The molecule has 0 saturated heterocycles. The summed E-state index contributed by atoms with van der Waals surface area (Å²) in [7, 11) is 1.70. The Hall–Kier alpha value is -2.55. The highest BCUT2D eigenvalue weighted by atomic mass is 16.5. The minimum atomic E-state index is 0.454. The van der Waals surface area contributed by atoms with Gasteiger partial charge >= 0.3 is 0 Å². The number of carbonyl (C=O) groups excluding carboxylic acids is 1. The average molecular weight is 378 g/mol. The van der Waals surface area contributed by atoms with Crippen molar-refractivity contribution < 1.29 is 9.53 Å². The number of methoxy groups -OCH3 is 1. The summed E-state index contributed by atoms with van der Waals surface area (Å²) >= 11 is 0. The number of ether oxygens (including phenoxy) is 1. The lowest BCUT2D eigenvalue weighted by molar-refractivity contribution is -0.107. The van der Waals surface area contributed by atoms with E-state index in [-0.39, 0.29) is 0 Å². The first-order chi connectivity index (χ1) is 13.8. The highest BCUT2D eigenvalue weighted by molar-refractivity contribution is 5.90. The molecule has 0 N–H and O–H groups in total. The summed E-state index contributed by atoms with van der Waals surface area (Å²) in [6.07, 6.45) is 11.3. The normalized spacial score (nSPS) is 11.1. The van der Waals surface area contributed by atoms with Crippen molar-refractivity contribution in [1.82, 2.24) is 4.57 Å². The molecule has 3 heteroatoms. The van der Waals surface area contributed by atoms with Gasteiger partial charge in [0, 0.05) is 35.6 Å². The van der Waals surface area contributed by atoms with Crippen molar-refractivity contribution in [3.63, 3.8) is 0 Å². The first-order valence-electron chi connectivity index (χ1n) is 10.5. The average Bonchev–Trinajstić information content (AvgIpc) is 3.07. The van der Waals surface area contributed by atoms with Crippen LogP contribution in [-0.2, 0) is 17.8 Å². The number of carbonyl (C=O) groups is 1. The summed E-state index contributed by atoms with van der Waals surface area (Å²) in [4.78, 5) is 11.2. The Morgan fingerprint density at radius 1 is 1.00 bits per heavy atom. The van der Waals surface area contributed by atoms with E-state index in [1.807, 2.05) is 18.2 Å². The van der Waals surface area contributed by atoms with Crippen LogP contribution in [0.4, 0.5) is 0 Å². The summed E-state index contributed by atoms with van der Waals surface area (Å²) in [6, 6.07) is 14.6. The van der Waals surface area contributed by atoms with Crippen LogP contribution in [0.3, 0.4) is 0 Å². The molecule has 0 amide bonds. The molecule has 148 valence electrons. The van der Waals surface area contributed by atoms with Gasteiger partial charge in [-0.1, -0.05) is 63.3 Å². The highest BCUT2D eigenvalue weighted by Crippen LogP contribution is 2.33. The van der Waals surface area contributed by atoms with Gasteiger partial charge in [0.15, 0.2) is 0 Å². The maximum atomic E-state index is 11.2. The maximum Gasteiger partial charge on any atom is 0.126 e. The third kappa shape index (κ3) is 4.64. The van der Waals surface area contributed by atoms with Crippen LogP contribution in [0, 0.1) is 0 Å². The van der Waals surface area contributed by atoms with Gasteiger partial charge in [-0.25, -0.2) is 0 Å². The van der Waals surface area contributed by atoms with Crippen LogP contribution in [0.5, 0.6) is 5.75 Å². The van der Waals surface area contributed by atoms with Crippen molar-refractivity contribution in [3.05, 3.63) is 54.2 Å². The van der Waals surface area contributed by atoms with E-state index in [9.17, 15) is 4.79 Å². The molecule has 0 unspecified atom stereocenters. The number of fused-ring (bicyclic) bond motifs is 1. The number of aryl methyl sites for hydroxylation is 1. The molecule has 3 aromatic rings. The first-order valence-corrected chi connectivity index (χ1v) is 10.5. The van der Waals surface area contributed by atoms with Gasteiger partial charge in [-0.05, 0) is 35.7 Å². The van der Waals surface area contributed by atoms with Crippen molar-refractivity contribution in [2.45, 2.75) is 58.4 Å². The van der Waals surface area contributed by atoms with Gasteiger partial charge in [0.05, 0.1) is 7.11 Å². The molecule has 0 saturated carbocycles. The van der Waals surface area contributed by atoms with Gasteiger partial charge in [-0.15, -0.1) is 0 Å². The van der Waals surface area contributed by atoms with E-state index in [1.54, 1.807) is 7.11 Å². The lowest BCUT2D eigenvalue weighted by Crippen LogP contribution is -1.96. The van der Waals surface area contributed by atoms with E-state index in [0.29, 0.717) is 6.42 Å². The Morgan fingerprint density at radius 3 is 2.57 bits per heavy atom. The lowest BCUT2D eigenvalue weighted by atomic mass is 10.0. The summed E-state index contributed by atoms with van der Waals surface area (Å²) < 4.78 is 7.85. The summed E-state index contributed by atoms with van der Waals surface area (Å²) in [5.74, 6) is 0.866. The molecular weight excluding hydrogens is 346 g/mol. The van der Waals surface area contributed by atoms with Crippen LogP contribution in [-0.4, -0.2) is 18.0 Å². The molecule has 0 aliphatic carbocycles. The summed E-state index contributed by atoms with van der Waals surface area (Å²) in [5.41, 5.74) is 4.51. The standard InChI is InChI=1S/C25H31NO2/c1-3-4-5-6-7-10-16-26-19-21(15-17-27)23-18-20(13-14-24(23)26)22-11-8-9-12-25(22)28-2/h8-9,11-14,17-19H,3-7,10,15-16H2,1-2H3. The third-order valence-electron chi connectivity index (χ3n) is 5.44. The molecule has 28 heavy (non-hydrogen) atoms. The summed E-state index contributed by atoms with van der Waals surface area (Å²) in [6.45, 7) is 3.26. The monoisotopic (exact) mass is 377 g/mol. The molecule has 0 aliphatic rings. The fourth-order valence-electron chi connectivity index (χ4n) is 3.92. The number of aldehydes is 1. The van der Waals surface area contributed by atoms with Gasteiger partial charge in [0.25, 0.3) is 0 Å². The first kappa shape index (κ1) is 20.2. The zero-order valence-corrected chi connectivity index (χ0v) is 17.1. The molecule has 0 fully saturated rings. The van der Waals surface area contributed by atoms with Crippen molar-refractivity contribution in [2.24, 2.45) is 0 Å². The van der Waals surface area contributed by atoms with Crippen LogP contribution in [0.2, 0.25) is 0 Å². The molecule has 0 bridgehead atoms. The van der Waals surface area contributed by atoms with E-state index in [2.05, 4.69) is 42.0 Å². The van der Waals surface area contributed by atoms with E-state index in [1.165, 1.54) is 49.4 Å². The predicted octanol–water partition coefficient (Wildman–Crippen LogP) is 6.42. The number of para-hydroxylation sites is 1. The summed E-state index contributed by atoms with van der Waals surface area (Å²) in [5, 5.41) is 1.17. The van der Waals surface area contributed by atoms with E-state index in [4.69, 9.17) is 4.74 Å². The number of unbranched alkanes of at least 4 members (excludes halogenated alkanes) is 5. The number of aromatic nitrogens is 1.